The van der Waals surface area contributed by atoms with Gasteiger partial charge in [0.25, 0.3) is 11.8 Å². The van der Waals surface area contributed by atoms with Gasteiger partial charge in [-0.05, 0) is 66.1 Å². The van der Waals surface area contributed by atoms with Crippen molar-refractivity contribution in [2.75, 3.05) is 68.3 Å². The Bertz CT molecular complexity index is 2440. The second-order valence-corrected chi connectivity index (χ2v) is 14.0. The van der Waals surface area contributed by atoms with Crippen molar-refractivity contribution >= 4 is 80.3 Å². The number of para-hydroxylation sites is 2. The van der Waals surface area contributed by atoms with Crippen LogP contribution in [0.5, 0.6) is 0 Å². The molecule has 0 spiro atoms. The van der Waals surface area contributed by atoms with Crippen molar-refractivity contribution in [3.05, 3.63) is 132 Å². The molecule has 290 valence electrons. The van der Waals surface area contributed by atoms with Gasteiger partial charge in [0, 0.05) is 68.3 Å². The van der Waals surface area contributed by atoms with Gasteiger partial charge in [0.15, 0.2) is 0 Å². The number of fused-ring (bicyclic) bond motifs is 2. The first kappa shape index (κ1) is 39.6. The van der Waals surface area contributed by atoms with E-state index in [0.717, 1.165) is 38.8 Å². The van der Waals surface area contributed by atoms with Gasteiger partial charge in [-0.25, -0.2) is 9.97 Å². The van der Waals surface area contributed by atoms with Crippen molar-refractivity contribution < 1.29 is 19.2 Å². The fourth-order valence-corrected chi connectivity index (χ4v) is 6.34. The normalized spacial score (nSPS) is 11.0. The second-order valence-electron chi connectivity index (χ2n) is 14.0. The predicted molar refractivity (Wildman–Crippen MR) is 230 cm³/mol. The molecular formula is C45H46N8O4. The lowest BCUT2D eigenvalue weighted by atomic mass is 10.1. The molecule has 2 aromatic heterocycles. The van der Waals surface area contributed by atoms with Crippen LogP contribution in [-0.4, -0.2) is 86.3 Å². The van der Waals surface area contributed by atoms with Gasteiger partial charge in [-0.1, -0.05) is 79.7 Å². The van der Waals surface area contributed by atoms with Crippen molar-refractivity contribution in [2.45, 2.75) is 13.3 Å². The summed E-state index contributed by atoms with van der Waals surface area (Å²) in [5.41, 5.74) is 6.73. The Morgan fingerprint density at radius 1 is 0.614 bits per heavy atom. The number of carbonyl (C=O) groups excluding carboxylic acids is 4. The van der Waals surface area contributed by atoms with Gasteiger partial charge in [-0.3, -0.25) is 19.2 Å². The van der Waals surface area contributed by atoms with Gasteiger partial charge < -0.3 is 30.7 Å². The van der Waals surface area contributed by atoms with E-state index in [-0.39, 0.29) is 36.5 Å². The molecule has 2 heterocycles. The van der Waals surface area contributed by atoms with E-state index in [1.165, 1.54) is 4.90 Å². The molecule has 0 saturated carbocycles. The first-order chi connectivity index (χ1) is 27.5. The Labute approximate surface area is 332 Å². The highest BCUT2D eigenvalue weighted by Crippen LogP contribution is 2.27. The molecule has 0 aliphatic heterocycles. The average molecular weight is 763 g/mol. The molecule has 4 amide bonds. The number of hydrogen-bond donors (Lipinski definition) is 3. The summed E-state index contributed by atoms with van der Waals surface area (Å²) in [6.45, 7) is 2.06. The van der Waals surface area contributed by atoms with E-state index in [1.54, 1.807) is 24.3 Å². The highest BCUT2D eigenvalue weighted by atomic mass is 16.2. The first-order valence-corrected chi connectivity index (χ1v) is 18.7. The zero-order valence-corrected chi connectivity index (χ0v) is 32.7. The molecule has 6 rings (SSSR count). The topological polar surface area (TPSA) is 140 Å². The number of benzene rings is 4. The summed E-state index contributed by atoms with van der Waals surface area (Å²) in [6.07, 6.45) is 4.57. The van der Waals surface area contributed by atoms with Crippen LogP contribution in [0, 0.1) is 0 Å². The minimum absolute atomic E-state index is 0.105. The van der Waals surface area contributed by atoms with Crippen LogP contribution >= 0.6 is 0 Å². The molecule has 12 nitrogen and oxygen atoms in total. The van der Waals surface area contributed by atoms with Crippen LogP contribution in [0.1, 0.15) is 45.4 Å². The smallest absolute Gasteiger partial charge is 0.273 e. The van der Waals surface area contributed by atoms with E-state index < -0.39 is 5.91 Å². The van der Waals surface area contributed by atoms with Gasteiger partial charge in [0.2, 0.25) is 11.8 Å². The highest BCUT2D eigenvalue weighted by molar-refractivity contribution is 6.03. The molecule has 4 aromatic carbocycles. The van der Waals surface area contributed by atoms with Crippen LogP contribution < -0.4 is 25.8 Å². The second kappa shape index (κ2) is 18.0. The van der Waals surface area contributed by atoms with Crippen LogP contribution in [0.4, 0.5) is 22.7 Å². The standard InChI is InChI=1S/C45H46N8O4/c1-6-25-53(45(57)39-27-41(52(4)5)35-12-8-10-14-37(35)50-39)29-43(55)48-33-23-19-31(20-24-33)16-15-30-17-21-32(22-18-30)47-42(54)28-46-44(56)38-26-40(51(2)3)34-11-7-9-13-36(34)49-38/h7-24,26-27H,6,25,28-29H2,1-5H3,(H,46,56)(H,47,54)(H,48,55)/b16-15+. The molecule has 0 unspecified atom stereocenters. The van der Waals surface area contributed by atoms with Crippen LogP contribution in [0.15, 0.2) is 109 Å². The minimum Gasteiger partial charge on any atom is -0.377 e. The lowest BCUT2D eigenvalue weighted by Gasteiger charge is -2.23. The van der Waals surface area contributed by atoms with Gasteiger partial charge in [0.05, 0.1) is 17.6 Å². The Morgan fingerprint density at radius 2 is 1.09 bits per heavy atom. The van der Waals surface area contributed by atoms with Gasteiger partial charge in [0.1, 0.15) is 17.9 Å². The van der Waals surface area contributed by atoms with Crippen LogP contribution in [-0.2, 0) is 9.59 Å². The maximum Gasteiger partial charge on any atom is 0.273 e. The summed E-state index contributed by atoms with van der Waals surface area (Å²) in [7, 11) is 7.66. The van der Waals surface area contributed by atoms with E-state index in [4.69, 9.17) is 0 Å². The minimum atomic E-state index is -0.436. The number of hydrogen-bond acceptors (Lipinski definition) is 8. The number of rotatable bonds is 14. The maximum absolute atomic E-state index is 13.6. The third-order valence-corrected chi connectivity index (χ3v) is 9.19. The van der Waals surface area contributed by atoms with Crippen molar-refractivity contribution in [3.63, 3.8) is 0 Å². The van der Waals surface area contributed by atoms with E-state index in [0.29, 0.717) is 35.6 Å². The lowest BCUT2D eigenvalue weighted by molar-refractivity contribution is -0.117. The van der Waals surface area contributed by atoms with Gasteiger partial charge in [-0.2, -0.15) is 0 Å². The summed E-state index contributed by atoms with van der Waals surface area (Å²) in [4.78, 5) is 66.8. The monoisotopic (exact) mass is 762 g/mol. The lowest BCUT2D eigenvalue weighted by Crippen LogP contribution is -2.39. The molecule has 3 N–H and O–H groups in total. The third kappa shape index (κ3) is 9.97. The number of carbonyl (C=O) groups is 4. The van der Waals surface area contributed by atoms with Crippen molar-refractivity contribution in [2.24, 2.45) is 0 Å². The summed E-state index contributed by atoms with van der Waals surface area (Å²) in [6, 6.07) is 33.5. The fraction of sp³-hybridized carbons (Fsp3) is 0.200. The number of nitrogens with one attached hydrogen (secondary N) is 3. The number of aromatic nitrogens is 2. The number of pyridine rings is 2. The van der Waals surface area contributed by atoms with Gasteiger partial charge >= 0.3 is 0 Å². The van der Waals surface area contributed by atoms with E-state index in [1.807, 2.05) is 142 Å². The van der Waals surface area contributed by atoms with E-state index in [9.17, 15) is 19.2 Å². The Balaban J connectivity index is 0.993. The van der Waals surface area contributed by atoms with Crippen LogP contribution in [0.25, 0.3) is 34.0 Å². The molecule has 0 radical (unpaired) electrons. The highest BCUT2D eigenvalue weighted by Gasteiger charge is 2.22. The SMILES string of the molecule is CCCN(CC(=O)Nc1ccc(/C=C/c2ccc(NC(=O)CNC(=O)c3cc(N(C)C)c4ccccc4n3)cc2)cc1)C(=O)c1cc(N(C)C)c2ccccc2n1. The summed E-state index contributed by atoms with van der Waals surface area (Å²) >= 11 is 0. The molecule has 0 saturated heterocycles. The molecular weight excluding hydrogens is 717 g/mol. The van der Waals surface area contributed by atoms with Crippen molar-refractivity contribution in [1.29, 1.82) is 0 Å². The Morgan fingerprint density at radius 3 is 1.60 bits per heavy atom. The summed E-state index contributed by atoms with van der Waals surface area (Å²) in [5.74, 6) is -1.40. The molecule has 0 fully saturated rings. The first-order valence-electron chi connectivity index (χ1n) is 18.7. The van der Waals surface area contributed by atoms with Crippen molar-refractivity contribution in [1.82, 2.24) is 20.2 Å². The van der Waals surface area contributed by atoms with E-state index >= 15 is 0 Å². The average Bonchev–Trinajstić information content (AvgIpc) is 3.21. The number of amides is 4. The zero-order chi connectivity index (χ0) is 40.5. The molecule has 6 aromatic rings. The molecule has 0 aliphatic rings. The third-order valence-electron chi connectivity index (χ3n) is 9.19. The Kier molecular flexibility index (Phi) is 12.5. The van der Waals surface area contributed by atoms with Gasteiger partial charge in [-0.15, -0.1) is 0 Å². The molecule has 57 heavy (non-hydrogen) atoms. The molecule has 0 aliphatic carbocycles. The maximum atomic E-state index is 13.6. The van der Waals surface area contributed by atoms with Crippen molar-refractivity contribution in [3.8, 4) is 0 Å². The van der Waals surface area contributed by atoms with E-state index in [2.05, 4.69) is 25.9 Å². The largest absolute Gasteiger partial charge is 0.377 e. The fourth-order valence-electron chi connectivity index (χ4n) is 6.34. The molecule has 12 heteroatoms. The molecule has 0 bridgehead atoms. The Hall–Kier alpha value is -7.08. The summed E-state index contributed by atoms with van der Waals surface area (Å²) < 4.78 is 0. The summed E-state index contributed by atoms with van der Waals surface area (Å²) in [5, 5.41) is 10.3. The number of nitrogens with zero attached hydrogens (tertiary/aromatic N) is 5. The van der Waals surface area contributed by atoms with Crippen LogP contribution in [0.3, 0.4) is 0 Å². The zero-order valence-electron chi connectivity index (χ0n) is 32.7. The molecule has 0 atom stereocenters. The predicted octanol–water partition coefficient (Wildman–Crippen LogP) is 6.94. The van der Waals surface area contributed by atoms with Crippen LogP contribution in [0.2, 0.25) is 0 Å². The quantitative estimate of drug-likeness (QED) is 0.101. The number of anilines is 4.